The molecular formula is C18H18ClNO2. The number of aromatic nitrogens is 1. The van der Waals surface area contributed by atoms with Crippen molar-refractivity contribution in [2.24, 2.45) is 0 Å². The Morgan fingerprint density at radius 1 is 1.18 bits per heavy atom. The Morgan fingerprint density at radius 2 is 1.91 bits per heavy atom. The smallest absolute Gasteiger partial charge is 0.189 e. The normalized spacial score (nSPS) is 14.9. The number of allylic oxidation sites excluding steroid dienone is 1. The zero-order valence-corrected chi connectivity index (χ0v) is 13.4. The lowest BCUT2D eigenvalue weighted by Crippen LogP contribution is -3.00. The van der Waals surface area contributed by atoms with Gasteiger partial charge in [-0.05, 0) is 31.6 Å². The van der Waals surface area contributed by atoms with Gasteiger partial charge in [0, 0.05) is 35.3 Å². The minimum absolute atomic E-state index is 0. The van der Waals surface area contributed by atoms with Gasteiger partial charge in [-0.2, -0.15) is 0 Å². The first-order chi connectivity index (χ1) is 10.1. The minimum Gasteiger partial charge on any atom is -1.00 e. The van der Waals surface area contributed by atoms with E-state index in [9.17, 15) is 4.79 Å². The molecule has 0 fully saturated rings. The van der Waals surface area contributed by atoms with Gasteiger partial charge in [0.2, 0.25) is 0 Å². The first-order valence-electron chi connectivity index (χ1n) is 7.15. The summed E-state index contributed by atoms with van der Waals surface area (Å²) in [6.45, 7) is 3.99. The summed E-state index contributed by atoms with van der Waals surface area (Å²) < 4.78 is 5.82. The van der Waals surface area contributed by atoms with Crippen LogP contribution in [0.2, 0.25) is 0 Å². The minimum atomic E-state index is 0. The zero-order valence-electron chi connectivity index (χ0n) is 12.6. The van der Waals surface area contributed by atoms with E-state index in [1.165, 1.54) is 0 Å². The Morgan fingerprint density at radius 3 is 2.59 bits per heavy atom. The van der Waals surface area contributed by atoms with Gasteiger partial charge in [-0.3, -0.25) is 4.79 Å². The van der Waals surface area contributed by atoms with Crippen molar-refractivity contribution in [1.29, 1.82) is 0 Å². The van der Waals surface area contributed by atoms with Gasteiger partial charge in [0.15, 0.2) is 18.2 Å². The molecule has 4 heteroatoms. The number of halogens is 1. The van der Waals surface area contributed by atoms with Gasteiger partial charge in [-0.25, -0.2) is 4.98 Å². The van der Waals surface area contributed by atoms with E-state index in [1.807, 2.05) is 62.6 Å². The van der Waals surface area contributed by atoms with Crippen LogP contribution < -0.4 is 22.1 Å². The number of Topliss-reactive ketones (excluding diaryl/α,β-unsaturated/α-hetero) is 1. The van der Waals surface area contributed by atoms with E-state index in [1.54, 1.807) is 0 Å². The van der Waals surface area contributed by atoms with Crippen molar-refractivity contribution in [3.63, 3.8) is 0 Å². The molecule has 3 nitrogen and oxygen atoms in total. The SMILES string of the molecule is CC(C)Oc1cccc2c1CC(=Cc1cc[nH+]cc1)C2=O.[Cl-]. The van der Waals surface area contributed by atoms with Crippen molar-refractivity contribution in [2.45, 2.75) is 26.4 Å². The number of fused-ring (bicyclic) bond motifs is 1. The predicted octanol–water partition coefficient (Wildman–Crippen LogP) is 0.114. The molecule has 1 aromatic carbocycles. The number of ketones is 1. The third-order valence-corrected chi connectivity index (χ3v) is 3.48. The molecule has 2 aromatic rings. The topological polar surface area (TPSA) is 40.4 Å². The number of benzene rings is 1. The van der Waals surface area contributed by atoms with E-state index in [2.05, 4.69) is 4.98 Å². The molecule has 0 atom stereocenters. The van der Waals surface area contributed by atoms with Gasteiger partial charge < -0.3 is 17.1 Å². The van der Waals surface area contributed by atoms with Crippen molar-refractivity contribution in [2.75, 3.05) is 0 Å². The molecule has 1 aromatic heterocycles. The highest BCUT2D eigenvalue weighted by atomic mass is 35.5. The molecule has 0 bridgehead atoms. The number of nitrogens with one attached hydrogen (secondary N) is 1. The average Bonchev–Trinajstić information content (AvgIpc) is 2.78. The van der Waals surface area contributed by atoms with Crippen LogP contribution in [0, 0.1) is 0 Å². The molecule has 0 amide bonds. The fourth-order valence-corrected chi connectivity index (χ4v) is 2.58. The lowest BCUT2D eigenvalue weighted by molar-refractivity contribution is -0.378. The molecule has 0 saturated heterocycles. The molecule has 1 heterocycles. The summed E-state index contributed by atoms with van der Waals surface area (Å²) in [5, 5.41) is 0. The number of carbonyl (C=O) groups is 1. The van der Waals surface area contributed by atoms with Gasteiger partial charge in [0.25, 0.3) is 0 Å². The van der Waals surface area contributed by atoms with E-state index in [0.29, 0.717) is 6.42 Å². The van der Waals surface area contributed by atoms with Gasteiger partial charge in [-0.15, -0.1) is 0 Å². The summed E-state index contributed by atoms with van der Waals surface area (Å²) in [5.74, 6) is 0.924. The Hall–Kier alpha value is -2.13. The highest BCUT2D eigenvalue weighted by Crippen LogP contribution is 2.34. The van der Waals surface area contributed by atoms with Gasteiger partial charge in [-0.1, -0.05) is 12.1 Å². The van der Waals surface area contributed by atoms with Crippen LogP contribution >= 0.6 is 0 Å². The molecule has 114 valence electrons. The number of pyridine rings is 1. The molecule has 0 unspecified atom stereocenters. The number of hydrogen-bond acceptors (Lipinski definition) is 2. The molecule has 1 aliphatic rings. The maximum absolute atomic E-state index is 12.5. The Balaban J connectivity index is 0.00000176. The van der Waals surface area contributed by atoms with Crippen LogP contribution in [0.3, 0.4) is 0 Å². The molecule has 0 spiro atoms. The molecule has 1 N–H and O–H groups in total. The van der Waals surface area contributed by atoms with E-state index in [-0.39, 0.29) is 24.3 Å². The summed E-state index contributed by atoms with van der Waals surface area (Å²) >= 11 is 0. The molecule has 0 saturated carbocycles. The van der Waals surface area contributed by atoms with Gasteiger partial charge in [0.1, 0.15) is 5.75 Å². The fourth-order valence-electron chi connectivity index (χ4n) is 2.58. The van der Waals surface area contributed by atoms with Crippen LogP contribution in [0.25, 0.3) is 6.08 Å². The fraction of sp³-hybridized carbons (Fsp3) is 0.222. The summed E-state index contributed by atoms with van der Waals surface area (Å²) in [7, 11) is 0. The lowest BCUT2D eigenvalue weighted by atomic mass is 10.1. The van der Waals surface area contributed by atoms with E-state index in [0.717, 1.165) is 28.0 Å². The van der Waals surface area contributed by atoms with Crippen LogP contribution in [0.5, 0.6) is 5.75 Å². The van der Waals surface area contributed by atoms with E-state index >= 15 is 0 Å². The second-order valence-electron chi connectivity index (χ2n) is 5.46. The summed E-state index contributed by atoms with van der Waals surface area (Å²) in [6, 6.07) is 9.61. The number of ether oxygens (including phenoxy) is 1. The first-order valence-corrected chi connectivity index (χ1v) is 7.15. The molecule has 0 radical (unpaired) electrons. The maximum atomic E-state index is 12.5. The molecule has 0 aliphatic heterocycles. The van der Waals surface area contributed by atoms with Crippen molar-refractivity contribution in [1.82, 2.24) is 0 Å². The maximum Gasteiger partial charge on any atom is 0.189 e. The average molecular weight is 316 g/mol. The molecule has 1 aliphatic carbocycles. The van der Waals surface area contributed by atoms with E-state index in [4.69, 9.17) is 4.74 Å². The Kier molecular flexibility index (Phi) is 4.99. The van der Waals surface area contributed by atoms with Gasteiger partial charge >= 0.3 is 0 Å². The highest BCUT2D eigenvalue weighted by Gasteiger charge is 2.27. The molecule has 3 rings (SSSR count). The van der Waals surface area contributed by atoms with Crippen LogP contribution in [0.4, 0.5) is 0 Å². The number of aromatic amines is 1. The second-order valence-corrected chi connectivity index (χ2v) is 5.46. The first kappa shape index (κ1) is 16.2. The second kappa shape index (κ2) is 6.75. The number of hydrogen-bond donors (Lipinski definition) is 0. The van der Waals surface area contributed by atoms with E-state index < -0.39 is 0 Å². The van der Waals surface area contributed by atoms with Crippen LogP contribution in [0.15, 0.2) is 48.3 Å². The zero-order chi connectivity index (χ0) is 14.8. The van der Waals surface area contributed by atoms with Crippen LogP contribution in [0.1, 0.15) is 35.3 Å². The molecule has 22 heavy (non-hydrogen) atoms. The largest absolute Gasteiger partial charge is 1.00 e. The van der Waals surface area contributed by atoms with Gasteiger partial charge in [0.05, 0.1) is 6.10 Å². The van der Waals surface area contributed by atoms with Crippen LogP contribution in [-0.4, -0.2) is 11.9 Å². The van der Waals surface area contributed by atoms with Crippen molar-refractivity contribution in [3.05, 3.63) is 65.0 Å². The molecular weight excluding hydrogens is 298 g/mol. The summed E-state index contributed by atoms with van der Waals surface area (Å²) in [6.07, 6.45) is 6.40. The lowest BCUT2D eigenvalue weighted by Gasteiger charge is -2.12. The summed E-state index contributed by atoms with van der Waals surface area (Å²) in [4.78, 5) is 15.5. The number of rotatable bonds is 3. The number of carbonyl (C=O) groups excluding carboxylic acids is 1. The standard InChI is InChI=1S/C18H17NO2.ClH/c1-12(2)21-17-5-3-4-15-16(17)11-14(18(15)20)10-13-6-8-19-9-7-13;/h3-10,12H,11H2,1-2H3;1H. The summed E-state index contributed by atoms with van der Waals surface area (Å²) in [5.41, 5.74) is 3.61. The quantitative estimate of drug-likeness (QED) is 0.755. The third-order valence-electron chi connectivity index (χ3n) is 3.48. The Bertz CT molecular complexity index is 708. The van der Waals surface area contributed by atoms with Crippen molar-refractivity contribution < 1.29 is 26.9 Å². The predicted molar refractivity (Wildman–Crippen MR) is 81.2 cm³/mol. The Labute approximate surface area is 136 Å². The van der Waals surface area contributed by atoms with Crippen molar-refractivity contribution >= 4 is 11.9 Å². The monoisotopic (exact) mass is 315 g/mol. The van der Waals surface area contributed by atoms with Crippen molar-refractivity contribution in [3.8, 4) is 5.75 Å². The highest BCUT2D eigenvalue weighted by molar-refractivity contribution is 6.16. The third kappa shape index (κ3) is 3.20. The number of H-pyrrole nitrogens is 1. The van der Waals surface area contributed by atoms with Crippen LogP contribution in [-0.2, 0) is 6.42 Å².